The largest absolute Gasteiger partial charge is 0.371 e. The van der Waals surface area contributed by atoms with Crippen LogP contribution in [0.4, 0.5) is 25.0 Å². The van der Waals surface area contributed by atoms with Crippen molar-refractivity contribution in [1.29, 1.82) is 0 Å². The number of amides is 2. The molecule has 142 valence electrons. The molecule has 0 radical (unpaired) electrons. The van der Waals surface area contributed by atoms with Crippen molar-refractivity contribution in [2.45, 2.75) is 6.04 Å². The van der Waals surface area contributed by atoms with Crippen molar-refractivity contribution in [1.82, 2.24) is 10.3 Å². The summed E-state index contributed by atoms with van der Waals surface area (Å²) >= 11 is 0. The number of halogens is 2. The number of carbonyl (C=O) groups excluding carboxylic acids is 1. The molecule has 0 bridgehead atoms. The maximum atomic E-state index is 13.4. The van der Waals surface area contributed by atoms with E-state index in [1.165, 1.54) is 6.07 Å². The Morgan fingerprint density at radius 3 is 2.68 bits per heavy atom. The number of urea groups is 1. The molecule has 3 aromatic rings. The Balaban J connectivity index is 1.20. The Morgan fingerprint density at radius 1 is 1.07 bits per heavy atom. The van der Waals surface area contributed by atoms with E-state index in [2.05, 4.69) is 15.6 Å². The van der Waals surface area contributed by atoms with Crippen LogP contribution in [0.3, 0.4) is 0 Å². The zero-order valence-corrected chi connectivity index (χ0v) is 14.9. The first kappa shape index (κ1) is 16.9. The molecule has 7 heteroatoms. The van der Waals surface area contributed by atoms with Crippen LogP contribution in [0.25, 0.3) is 10.8 Å². The summed E-state index contributed by atoms with van der Waals surface area (Å²) in [4.78, 5) is 18.6. The van der Waals surface area contributed by atoms with Gasteiger partial charge in [0.1, 0.15) is 0 Å². The van der Waals surface area contributed by atoms with Crippen LogP contribution in [0.15, 0.2) is 54.9 Å². The highest BCUT2D eigenvalue weighted by Gasteiger charge is 2.56. The highest BCUT2D eigenvalue weighted by atomic mass is 19.2. The first-order chi connectivity index (χ1) is 13.6. The summed E-state index contributed by atoms with van der Waals surface area (Å²) < 4.78 is 26.5. The van der Waals surface area contributed by atoms with Gasteiger partial charge in [-0.3, -0.25) is 4.98 Å². The summed E-state index contributed by atoms with van der Waals surface area (Å²) in [6, 6.07) is 11.4. The Morgan fingerprint density at radius 2 is 1.89 bits per heavy atom. The minimum atomic E-state index is -0.839. The molecule has 28 heavy (non-hydrogen) atoms. The van der Waals surface area contributed by atoms with Crippen LogP contribution in [0, 0.1) is 23.5 Å². The number of carbonyl (C=O) groups is 1. The van der Waals surface area contributed by atoms with Crippen LogP contribution >= 0.6 is 0 Å². The summed E-state index contributed by atoms with van der Waals surface area (Å²) in [7, 11) is 0. The summed E-state index contributed by atoms with van der Waals surface area (Å²) in [5, 5.41) is 7.86. The molecule has 2 fully saturated rings. The maximum Gasteiger partial charge on any atom is 0.319 e. The van der Waals surface area contributed by atoms with Crippen molar-refractivity contribution in [2.75, 3.05) is 23.3 Å². The minimum Gasteiger partial charge on any atom is -0.371 e. The lowest BCUT2D eigenvalue weighted by Gasteiger charge is -2.22. The first-order valence-electron chi connectivity index (χ1n) is 9.20. The first-order valence-corrected chi connectivity index (χ1v) is 9.20. The average Bonchev–Trinajstić information content (AvgIpc) is 3.12. The number of pyridine rings is 1. The number of nitrogens with one attached hydrogen (secondary N) is 2. The molecule has 1 saturated heterocycles. The molecule has 2 aliphatic rings. The Kier molecular flexibility index (Phi) is 3.89. The van der Waals surface area contributed by atoms with Gasteiger partial charge in [-0.15, -0.1) is 0 Å². The van der Waals surface area contributed by atoms with Gasteiger partial charge in [-0.05, 0) is 24.3 Å². The third kappa shape index (κ3) is 2.93. The molecule has 5 nitrogen and oxygen atoms in total. The van der Waals surface area contributed by atoms with E-state index in [0.717, 1.165) is 35.6 Å². The van der Waals surface area contributed by atoms with Gasteiger partial charge in [-0.1, -0.05) is 12.1 Å². The molecule has 1 aliphatic carbocycles. The molecule has 2 N–H and O–H groups in total. The zero-order valence-electron chi connectivity index (χ0n) is 14.9. The molecule has 1 saturated carbocycles. The van der Waals surface area contributed by atoms with Crippen LogP contribution in [0.5, 0.6) is 0 Å². The van der Waals surface area contributed by atoms with Crippen molar-refractivity contribution >= 4 is 28.2 Å². The smallest absolute Gasteiger partial charge is 0.319 e. The molecule has 2 unspecified atom stereocenters. The van der Waals surface area contributed by atoms with Crippen LogP contribution < -0.4 is 15.5 Å². The van der Waals surface area contributed by atoms with Gasteiger partial charge in [-0.2, -0.15) is 0 Å². The molecule has 2 atom stereocenters. The lowest BCUT2D eigenvalue weighted by atomic mass is 10.1. The second-order valence-corrected chi connectivity index (χ2v) is 7.36. The van der Waals surface area contributed by atoms with Gasteiger partial charge in [-0.25, -0.2) is 13.6 Å². The van der Waals surface area contributed by atoms with Crippen molar-refractivity contribution in [3.8, 4) is 0 Å². The Hall–Kier alpha value is -3.22. The van der Waals surface area contributed by atoms with Gasteiger partial charge in [0.05, 0.1) is 5.69 Å². The number of fused-ring (bicyclic) bond motifs is 2. The van der Waals surface area contributed by atoms with Crippen molar-refractivity contribution in [3.05, 3.63) is 66.5 Å². The third-order valence-corrected chi connectivity index (χ3v) is 5.69. The van der Waals surface area contributed by atoms with Gasteiger partial charge in [0, 0.05) is 65.9 Å². The fraction of sp³-hybridized carbons (Fsp3) is 0.238. The molecule has 5 rings (SSSR count). The molecule has 2 heterocycles. The molecule has 1 aliphatic heterocycles. The van der Waals surface area contributed by atoms with E-state index < -0.39 is 11.6 Å². The van der Waals surface area contributed by atoms with Crippen LogP contribution in [0.2, 0.25) is 0 Å². The number of nitrogens with zero attached hydrogens (tertiary/aromatic N) is 2. The van der Waals surface area contributed by atoms with E-state index in [-0.39, 0.29) is 12.1 Å². The lowest BCUT2D eigenvalue weighted by Crippen LogP contribution is -2.37. The van der Waals surface area contributed by atoms with E-state index in [4.69, 9.17) is 0 Å². The molecular weight excluding hydrogens is 362 g/mol. The van der Waals surface area contributed by atoms with Crippen molar-refractivity contribution in [3.63, 3.8) is 0 Å². The van der Waals surface area contributed by atoms with E-state index in [9.17, 15) is 13.6 Å². The number of hydrogen-bond acceptors (Lipinski definition) is 3. The van der Waals surface area contributed by atoms with Crippen molar-refractivity contribution in [2.24, 2.45) is 11.8 Å². The monoisotopic (exact) mass is 380 g/mol. The number of piperidine rings is 1. The van der Waals surface area contributed by atoms with E-state index in [0.29, 0.717) is 17.5 Å². The third-order valence-electron chi connectivity index (χ3n) is 5.69. The predicted molar refractivity (Wildman–Crippen MR) is 103 cm³/mol. The van der Waals surface area contributed by atoms with Gasteiger partial charge in [0.15, 0.2) is 11.6 Å². The summed E-state index contributed by atoms with van der Waals surface area (Å²) in [5.41, 5.74) is 1.42. The summed E-state index contributed by atoms with van der Waals surface area (Å²) in [6.07, 6.45) is 3.46. The van der Waals surface area contributed by atoms with Gasteiger partial charge < -0.3 is 15.5 Å². The van der Waals surface area contributed by atoms with Gasteiger partial charge in [0.2, 0.25) is 0 Å². The Labute approximate surface area is 160 Å². The highest BCUT2D eigenvalue weighted by molar-refractivity contribution is 6.01. The maximum absolute atomic E-state index is 13.4. The molecule has 1 aromatic heterocycles. The fourth-order valence-corrected chi connectivity index (χ4v) is 4.17. The SMILES string of the molecule is O=C(Nc1cccc2cnccc12)NC1C2CN(c3ccc(F)c(F)c3)CC21. The second kappa shape index (κ2) is 6.44. The molecule has 0 spiro atoms. The van der Waals surface area contributed by atoms with E-state index in [1.807, 2.05) is 29.2 Å². The molecule has 2 aromatic carbocycles. The number of hydrogen-bond donors (Lipinski definition) is 2. The average molecular weight is 380 g/mol. The molecule has 2 amide bonds. The fourth-order valence-electron chi connectivity index (χ4n) is 4.17. The van der Waals surface area contributed by atoms with Gasteiger partial charge in [0.25, 0.3) is 0 Å². The standard InChI is InChI=1S/C21H18F2N4O/c22-17-5-4-13(8-18(17)23)27-10-15-16(11-27)20(15)26-21(28)25-19-3-1-2-12-9-24-7-6-14(12)19/h1-9,15-16,20H,10-11H2,(H2,25,26,28). The van der Waals surface area contributed by atoms with Gasteiger partial charge >= 0.3 is 6.03 Å². The number of rotatable bonds is 3. The zero-order chi connectivity index (χ0) is 19.3. The highest BCUT2D eigenvalue weighted by Crippen LogP contribution is 2.46. The van der Waals surface area contributed by atoms with E-state index in [1.54, 1.807) is 18.5 Å². The summed E-state index contributed by atoms with van der Waals surface area (Å²) in [6.45, 7) is 1.45. The topological polar surface area (TPSA) is 57.3 Å². The summed E-state index contributed by atoms with van der Waals surface area (Å²) in [5.74, 6) is -1.02. The number of anilines is 2. The van der Waals surface area contributed by atoms with Crippen LogP contribution in [-0.2, 0) is 0 Å². The van der Waals surface area contributed by atoms with Crippen LogP contribution in [0.1, 0.15) is 0 Å². The predicted octanol–water partition coefficient (Wildman–Crippen LogP) is 3.77. The van der Waals surface area contributed by atoms with Crippen molar-refractivity contribution < 1.29 is 13.6 Å². The number of aromatic nitrogens is 1. The minimum absolute atomic E-state index is 0.109. The lowest BCUT2D eigenvalue weighted by molar-refractivity contribution is 0.250. The number of benzene rings is 2. The Bertz CT molecular complexity index is 1060. The van der Waals surface area contributed by atoms with Crippen LogP contribution in [-0.4, -0.2) is 30.1 Å². The second-order valence-electron chi connectivity index (χ2n) is 7.36. The molecular formula is C21H18F2N4O. The normalized spacial score (nSPS) is 22.8. The van der Waals surface area contributed by atoms with E-state index >= 15 is 0 Å². The quantitative estimate of drug-likeness (QED) is 0.727.